The van der Waals surface area contributed by atoms with Gasteiger partial charge < -0.3 is 5.11 Å². The van der Waals surface area contributed by atoms with Crippen LogP contribution in [0.3, 0.4) is 0 Å². The molecule has 1 atom stereocenters. The van der Waals surface area contributed by atoms with Crippen LogP contribution in [0.25, 0.3) is 5.76 Å². The lowest BCUT2D eigenvalue weighted by atomic mass is 9.97. The van der Waals surface area contributed by atoms with Crippen LogP contribution in [0.4, 0.5) is 0 Å². The molecule has 1 unspecified atom stereocenters. The average molecular weight is 239 g/mol. The van der Waals surface area contributed by atoms with Gasteiger partial charge in [-0.15, -0.1) is 0 Å². The predicted octanol–water partition coefficient (Wildman–Crippen LogP) is 3.47. The highest BCUT2D eigenvalue weighted by molar-refractivity contribution is 5.68. The Morgan fingerprint density at radius 1 is 1.11 bits per heavy atom. The maximum Gasteiger partial charge on any atom is -0.0253 e. The molecule has 0 fully saturated rings. The van der Waals surface area contributed by atoms with Gasteiger partial charge in [-0.25, -0.2) is 0 Å². The van der Waals surface area contributed by atoms with Crippen molar-refractivity contribution in [1.29, 1.82) is 0 Å². The molecule has 1 aromatic carbocycles. The Kier molecular flexibility index (Phi) is 4.03. The molecule has 1 heteroatoms. The quantitative estimate of drug-likeness (QED) is 0.738. The molecule has 0 aliphatic heterocycles. The first-order valence-corrected chi connectivity index (χ1v) is 6.56. The molecule has 1 aliphatic rings. The zero-order valence-electron chi connectivity index (χ0n) is 11.0. The van der Waals surface area contributed by atoms with Gasteiger partial charge in [0.15, 0.2) is 0 Å². The van der Waals surface area contributed by atoms with Gasteiger partial charge in [-0.2, -0.15) is 0 Å². The second kappa shape index (κ2) is 5.72. The molecule has 94 valence electrons. The van der Waals surface area contributed by atoms with Gasteiger partial charge in [0.1, 0.15) is 0 Å². The lowest BCUT2D eigenvalue weighted by Crippen LogP contribution is -2.05. The van der Waals surface area contributed by atoms with E-state index in [0.29, 0.717) is 5.92 Å². The molecule has 1 aromatic rings. The van der Waals surface area contributed by atoms with Gasteiger partial charge in [-0.1, -0.05) is 74.6 Å². The van der Waals surface area contributed by atoms with Gasteiger partial charge >= 0.3 is 0 Å². The molecule has 18 heavy (non-hydrogen) atoms. The normalized spacial score (nSPS) is 15.1. The molecular formula is C17H19O-. The summed E-state index contributed by atoms with van der Waals surface area (Å²) < 4.78 is 0. The predicted molar refractivity (Wildman–Crippen MR) is 74.8 cm³/mol. The van der Waals surface area contributed by atoms with Gasteiger partial charge in [0.2, 0.25) is 0 Å². The summed E-state index contributed by atoms with van der Waals surface area (Å²) in [5, 5.41) is 12.1. The second-order valence-electron chi connectivity index (χ2n) is 4.92. The van der Waals surface area contributed by atoms with Crippen LogP contribution in [0, 0.1) is 5.92 Å². The van der Waals surface area contributed by atoms with Crippen molar-refractivity contribution in [3.05, 3.63) is 65.3 Å². The van der Waals surface area contributed by atoms with Crippen LogP contribution in [-0.4, -0.2) is 0 Å². The number of allylic oxidation sites excluding steroid dienone is 5. The molecule has 0 bridgehead atoms. The highest BCUT2D eigenvalue weighted by Gasteiger charge is 2.02. The van der Waals surface area contributed by atoms with Gasteiger partial charge in [0, 0.05) is 0 Å². The van der Waals surface area contributed by atoms with E-state index in [1.165, 1.54) is 12.0 Å². The number of rotatable bonds is 4. The van der Waals surface area contributed by atoms with Crippen molar-refractivity contribution >= 4 is 5.76 Å². The second-order valence-corrected chi connectivity index (χ2v) is 4.92. The Balaban J connectivity index is 2.15. The first-order chi connectivity index (χ1) is 8.70. The van der Waals surface area contributed by atoms with Crippen LogP contribution in [0.1, 0.15) is 31.4 Å². The van der Waals surface area contributed by atoms with Crippen LogP contribution < -0.4 is 5.11 Å². The summed E-state index contributed by atoms with van der Waals surface area (Å²) >= 11 is 0. The van der Waals surface area contributed by atoms with E-state index in [-0.39, 0.29) is 5.76 Å². The summed E-state index contributed by atoms with van der Waals surface area (Å²) in [4.78, 5) is 0. The molecule has 2 rings (SSSR count). The minimum absolute atomic E-state index is 0.107. The third kappa shape index (κ3) is 2.92. The summed E-state index contributed by atoms with van der Waals surface area (Å²) in [5.41, 5.74) is 2.85. The van der Waals surface area contributed by atoms with E-state index in [2.05, 4.69) is 26.0 Å². The van der Waals surface area contributed by atoms with Crippen molar-refractivity contribution < 1.29 is 5.11 Å². The summed E-state index contributed by atoms with van der Waals surface area (Å²) in [7, 11) is 0. The molecule has 0 saturated heterocycles. The zero-order valence-corrected chi connectivity index (χ0v) is 11.0. The zero-order chi connectivity index (χ0) is 13.0. The van der Waals surface area contributed by atoms with E-state index in [1.54, 1.807) is 0 Å². The number of benzene rings is 1. The van der Waals surface area contributed by atoms with Crippen LogP contribution in [0.5, 0.6) is 0 Å². The van der Waals surface area contributed by atoms with Crippen LogP contribution >= 0.6 is 0 Å². The minimum atomic E-state index is 0.107. The highest BCUT2D eigenvalue weighted by Crippen LogP contribution is 2.20. The van der Waals surface area contributed by atoms with E-state index in [9.17, 15) is 5.11 Å². The van der Waals surface area contributed by atoms with E-state index >= 15 is 0 Å². The molecule has 0 amide bonds. The van der Waals surface area contributed by atoms with Gasteiger partial charge in [-0.3, -0.25) is 0 Å². The molecule has 0 aromatic heterocycles. The third-order valence-electron chi connectivity index (χ3n) is 3.42. The Hall–Kier alpha value is -1.76. The van der Waals surface area contributed by atoms with Gasteiger partial charge in [0.05, 0.1) is 0 Å². The Morgan fingerprint density at radius 2 is 1.72 bits per heavy atom. The fourth-order valence-corrected chi connectivity index (χ4v) is 2.03. The maximum absolute atomic E-state index is 12.1. The van der Waals surface area contributed by atoms with Crippen LogP contribution in [-0.2, 0) is 6.42 Å². The van der Waals surface area contributed by atoms with Crippen molar-refractivity contribution in [1.82, 2.24) is 0 Å². The molecular weight excluding hydrogens is 220 g/mol. The van der Waals surface area contributed by atoms with E-state index < -0.39 is 0 Å². The Bertz CT molecular complexity index is 475. The van der Waals surface area contributed by atoms with Crippen molar-refractivity contribution in [3.8, 4) is 0 Å². The lowest BCUT2D eigenvalue weighted by Gasteiger charge is -2.16. The summed E-state index contributed by atoms with van der Waals surface area (Å²) in [6.07, 6.45) is 9.77. The summed E-state index contributed by atoms with van der Waals surface area (Å²) in [6, 6.07) is 8.02. The summed E-state index contributed by atoms with van der Waals surface area (Å²) in [6.45, 7) is 4.46. The monoisotopic (exact) mass is 239 g/mol. The first-order valence-electron chi connectivity index (χ1n) is 6.56. The Morgan fingerprint density at radius 3 is 2.28 bits per heavy atom. The first kappa shape index (κ1) is 12.7. The SMILES string of the molecule is CCC(C)Cc1ccc(C([O-])=C2C=CC=C2)cc1. The standard InChI is InChI=1S/C17H20O/c1-3-13(2)12-14-8-10-16(11-9-14)17(18)15-6-4-5-7-15/h4-11,13,18H,3,12H2,1-2H3/p-1. The molecule has 0 spiro atoms. The molecule has 0 heterocycles. The third-order valence-corrected chi connectivity index (χ3v) is 3.42. The van der Waals surface area contributed by atoms with Gasteiger partial charge in [-0.05, 0) is 29.0 Å². The van der Waals surface area contributed by atoms with Crippen LogP contribution in [0.2, 0.25) is 0 Å². The fourth-order valence-electron chi connectivity index (χ4n) is 2.03. The number of hydrogen-bond acceptors (Lipinski definition) is 1. The Labute approximate surface area is 109 Å². The molecule has 1 nitrogen and oxygen atoms in total. The smallest absolute Gasteiger partial charge is 0.0253 e. The van der Waals surface area contributed by atoms with Crippen LogP contribution in [0.15, 0.2) is 54.1 Å². The van der Waals surface area contributed by atoms with Crippen molar-refractivity contribution in [2.75, 3.05) is 0 Å². The molecule has 1 aliphatic carbocycles. The summed E-state index contributed by atoms with van der Waals surface area (Å²) in [5.74, 6) is 0.803. The average Bonchev–Trinajstić information content (AvgIpc) is 2.92. The maximum atomic E-state index is 12.1. The van der Waals surface area contributed by atoms with E-state index in [1.807, 2.05) is 36.4 Å². The molecule has 0 saturated carbocycles. The van der Waals surface area contributed by atoms with Crippen molar-refractivity contribution in [2.24, 2.45) is 5.92 Å². The minimum Gasteiger partial charge on any atom is -0.872 e. The largest absolute Gasteiger partial charge is 0.872 e. The van der Waals surface area contributed by atoms with Gasteiger partial charge in [0.25, 0.3) is 0 Å². The topological polar surface area (TPSA) is 23.1 Å². The number of hydrogen-bond donors (Lipinski definition) is 0. The van der Waals surface area contributed by atoms with E-state index in [4.69, 9.17) is 0 Å². The van der Waals surface area contributed by atoms with Crippen molar-refractivity contribution in [2.45, 2.75) is 26.7 Å². The van der Waals surface area contributed by atoms with E-state index in [0.717, 1.165) is 17.6 Å². The molecule has 0 N–H and O–H groups in total. The molecule has 0 radical (unpaired) electrons. The van der Waals surface area contributed by atoms with Crippen molar-refractivity contribution in [3.63, 3.8) is 0 Å². The highest BCUT2D eigenvalue weighted by atomic mass is 16.3. The fraction of sp³-hybridized carbons (Fsp3) is 0.294. The lowest BCUT2D eigenvalue weighted by molar-refractivity contribution is -0.244.